The van der Waals surface area contributed by atoms with Crippen molar-refractivity contribution < 1.29 is 24.4 Å². The smallest absolute Gasteiger partial charge is 0.166 e. The molecular formula is C19H22N4O5. The molecule has 1 saturated heterocycles. The van der Waals surface area contributed by atoms with Gasteiger partial charge in [-0.05, 0) is 24.6 Å². The van der Waals surface area contributed by atoms with Gasteiger partial charge in [0.15, 0.2) is 11.9 Å². The highest BCUT2D eigenvalue weighted by molar-refractivity contribution is 5.72. The van der Waals surface area contributed by atoms with Gasteiger partial charge in [-0.2, -0.15) is 0 Å². The van der Waals surface area contributed by atoms with Gasteiger partial charge in [0.1, 0.15) is 35.9 Å². The van der Waals surface area contributed by atoms with E-state index < -0.39 is 24.5 Å². The van der Waals surface area contributed by atoms with Gasteiger partial charge in [-0.1, -0.05) is 12.1 Å². The van der Waals surface area contributed by atoms with Gasteiger partial charge in [0.25, 0.3) is 0 Å². The minimum atomic E-state index is -0.992. The number of ether oxygens (including phenoxy) is 3. The Bertz CT molecular complexity index is 945. The molecule has 28 heavy (non-hydrogen) atoms. The molecule has 148 valence electrons. The second kappa shape index (κ2) is 7.80. The third-order valence-corrected chi connectivity index (χ3v) is 4.91. The monoisotopic (exact) mass is 386 g/mol. The van der Waals surface area contributed by atoms with Crippen molar-refractivity contribution in [1.82, 2.24) is 19.5 Å². The number of hydrogen-bond acceptors (Lipinski definition) is 8. The van der Waals surface area contributed by atoms with Crippen molar-refractivity contribution in [3.63, 3.8) is 0 Å². The van der Waals surface area contributed by atoms with E-state index in [4.69, 9.17) is 14.2 Å². The van der Waals surface area contributed by atoms with E-state index in [1.807, 2.05) is 31.2 Å². The highest BCUT2D eigenvalue weighted by atomic mass is 16.6. The SMILES string of the molecule is COc1ccc(CO[C@@H]2[C@H](O)[C@@H](CO)O[C@H]2n2cnc3c(C)ncnc32)cc1. The zero-order valence-electron chi connectivity index (χ0n) is 15.6. The molecule has 3 aromatic rings. The number of aryl methyl sites for hydroxylation is 1. The van der Waals surface area contributed by atoms with E-state index in [9.17, 15) is 10.2 Å². The summed E-state index contributed by atoms with van der Waals surface area (Å²) in [7, 11) is 1.61. The van der Waals surface area contributed by atoms with Gasteiger partial charge in [-0.3, -0.25) is 4.57 Å². The second-order valence-corrected chi connectivity index (χ2v) is 6.65. The van der Waals surface area contributed by atoms with Crippen molar-refractivity contribution in [1.29, 1.82) is 0 Å². The van der Waals surface area contributed by atoms with Crippen LogP contribution in [0.1, 0.15) is 17.5 Å². The molecule has 9 nitrogen and oxygen atoms in total. The van der Waals surface area contributed by atoms with Crippen LogP contribution in [0.5, 0.6) is 5.75 Å². The van der Waals surface area contributed by atoms with Gasteiger partial charge < -0.3 is 24.4 Å². The number of fused-ring (bicyclic) bond motifs is 1. The van der Waals surface area contributed by atoms with E-state index in [2.05, 4.69) is 15.0 Å². The predicted octanol–water partition coefficient (Wildman–Crippen LogP) is 0.979. The average Bonchev–Trinajstić information content (AvgIpc) is 3.28. The number of hydrogen-bond donors (Lipinski definition) is 2. The lowest BCUT2D eigenvalue weighted by atomic mass is 10.1. The Morgan fingerprint density at radius 2 is 1.96 bits per heavy atom. The molecule has 0 bridgehead atoms. The standard InChI is InChI=1S/C19H22N4O5/c1-11-15-18(21-9-20-11)23(10-22-15)19-17(16(25)14(7-24)28-19)27-8-12-3-5-13(26-2)6-4-12/h3-6,9-10,14,16-17,19,24-25H,7-8H2,1-2H3/t14-,16-,17-,19-/m1/s1. The first-order chi connectivity index (χ1) is 13.6. The molecule has 2 aromatic heterocycles. The minimum absolute atomic E-state index is 0.268. The number of nitrogens with zero attached hydrogens (tertiary/aromatic N) is 4. The molecule has 0 aliphatic carbocycles. The molecule has 1 fully saturated rings. The van der Waals surface area contributed by atoms with Gasteiger partial charge in [0, 0.05) is 0 Å². The van der Waals surface area contributed by atoms with E-state index in [1.165, 1.54) is 6.33 Å². The lowest BCUT2D eigenvalue weighted by molar-refractivity contribution is -0.0761. The number of imidazole rings is 1. The minimum Gasteiger partial charge on any atom is -0.497 e. The Hall–Kier alpha value is -2.59. The molecule has 0 amide bonds. The average molecular weight is 386 g/mol. The summed E-state index contributed by atoms with van der Waals surface area (Å²) in [6.45, 7) is 1.80. The van der Waals surface area contributed by atoms with Crippen molar-refractivity contribution in [2.45, 2.75) is 38.1 Å². The van der Waals surface area contributed by atoms with E-state index in [0.29, 0.717) is 11.2 Å². The molecule has 4 rings (SSSR count). The van der Waals surface area contributed by atoms with E-state index in [-0.39, 0.29) is 13.2 Å². The molecular weight excluding hydrogens is 364 g/mol. The maximum Gasteiger partial charge on any atom is 0.166 e. The third kappa shape index (κ3) is 3.33. The van der Waals surface area contributed by atoms with Crippen LogP contribution in [-0.4, -0.2) is 61.8 Å². The molecule has 0 radical (unpaired) electrons. The third-order valence-electron chi connectivity index (χ3n) is 4.91. The molecule has 1 aromatic carbocycles. The van der Waals surface area contributed by atoms with Crippen LogP contribution < -0.4 is 4.74 Å². The van der Waals surface area contributed by atoms with Crippen molar-refractivity contribution in [3.8, 4) is 5.75 Å². The fourth-order valence-corrected chi connectivity index (χ4v) is 3.34. The summed E-state index contributed by atoms with van der Waals surface area (Å²) >= 11 is 0. The van der Waals surface area contributed by atoms with Crippen LogP contribution in [0.3, 0.4) is 0 Å². The normalized spacial score (nSPS) is 24.7. The lowest BCUT2D eigenvalue weighted by Gasteiger charge is -2.22. The van der Waals surface area contributed by atoms with Crippen molar-refractivity contribution in [3.05, 3.63) is 48.2 Å². The Kier molecular flexibility index (Phi) is 5.23. The van der Waals surface area contributed by atoms with Crippen LogP contribution in [0.25, 0.3) is 11.2 Å². The number of aliphatic hydroxyl groups is 2. The van der Waals surface area contributed by atoms with Crippen LogP contribution in [0.2, 0.25) is 0 Å². The van der Waals surface area contributed by atoms with Gasteiger partial charge in [0.05, 0.1) is 32.3 Å². The summed E-state index contributed by atoms with van der Waals surface area (Å²) in [5, 5.41) is 20.2. The van der Waals surface area contributed by atoms with E-state index in [0.717, 1.165) is 17.0 Å². The van der Waals surface area contributed by atoms with Crippen molar-refractivity contribution in [2.24, 2.45) is 0 Å². The molecule has 0 unspecified atom stereocenters. The maximum atomic E-state index is 10.6. The molecule has 1 aliphatic rings. The molecule has 0 saturated carbocycles. The first kappa shape index (κ1) is 18.8. The summed E-state index contributed by atoms with van der Waals surface area (Å²) in [4.78, 5) is 12.8. The van der Waals surface area contributed by atoms with E-state index in [1.54, 1.807) is 18.0 Å². The first-order valence-electron chi connectivity index (χ1n) is 8.95. The van der Waals surface area contributed by atoms with Crippen LogP contribution in [0.15, 0.2) is 36.9 Å². The summed E-state index contributed by atoms with van der Waals surface area (Å²) in [5.74, 6) is 0.756. The van der Waals surface area contributed by atoms with Crippen LogP contribution >= 0.6 is 0 Å². The predicted molar refractivity (Wildman–Crippen MR) is 98.6 cm³/mol. The van der Waals surface area contributed by atoms with Gasteiger partial charge in [0.2, 0.25) is 0 Å². The number of aliphatic hydroxyl groups excluding tert-OH is 2. The number of methoxy groups -OCH3 is 1. The Balaban J connectivity index is 1.59. The zero-order chi connectivity index (χ0) is 19.7. The van der Waals surface area contributed by atoms with Crippen LogP contribution in [-0.2, 0) is 16.1 Å². The van der Waals surface area contributed by atoms with Gasteiger partial charge in [-0.15, -0.1) is 0 Å². The number of benzene rings is 1. The lowest BCUT2D eigenvalue weighted by Crippen LogP contribution is -2.35. The fourth-order valence-electron chi connectivity index (χ4n) is 3.34. The van der Waals surface area contributed by atoms with Crippen LogP contribution in [0.4, 0.5) is 0 Å². The number of rotatable bonds is 6. The van der Waals surface area contributed by atoms with Crippen molar-refractivity contribution in [2.75, 3.05) is 13.7 Å². The summed E-state index contributed by atoms with van der Waals surface area (Å²) in [6.07, 6.45) is -0.0814. The highest BCUT2D eigenvalue weighted by Gasteiger charge is 2.45. The topological polar surface area (TPSA) is 112 Å². The fraction of sp³-hybridized carbons (Fsp3) is 0.421. The molecule has 4 atom stereocenters. The Morgan fingerprint density at radius 3 is 2.68 bits per heavy atom. The van der Waals surface area contributed by atoms with Gasteiger partial charge >= 0.3 is 0 Å². The Labute approximate surface area is 161 Å². The summed E-state index contributed by atoms with van der Waals surface area (Å²) in [5.41, 5.74) is 2.91. The van der Waals surface area contributed by atoms with Gasteiger partial charge in [-0.25, -0.2) is 15.0 Å². The maximum absolute atomic E-state index is 10.6. The molecule has 3 heterocycles. The van der Waals surface area contributed by atoms with Crippen LogP contribution in [0, 0.1) is 6.92 Å². The second-order valence-electron chi connectivity index (χ2n) is 6.65. The summed E-state index contributed by atoms with van der Waals surface area (Å²) in [6, 6.07) is 7.47. The molecule has 2 N–H and O–H groups in total. The molecule has 9 heteroatoms. The van der Waals surface area contributed by atoms with E-state index >= 15 is 0 Å². The zero-order valence-corrected chi connectivity index (χ0v) is 15.6. The largest absolute Gasteiger partial charge is 0.497 e. The highest BCUT2D eigenvalue weighted by Crippen LogP contribution is 2.34. The molecule has 0 spiro atoms. The number of aromatic nitrogens is 4. The first-order valence-corrected chi connectivity index (χ1v) is 8.95. The van der Waals surface area contributed by atoms with Crippen molar-refractivity contribution >= 4 is 11.2 Å². The Morgan fingerprint density at radius 1 is 1.18 bits per heavy atom. The quantitative estimate of drug-likeness (QED) is 0.645. The summed E-state index contributed by atoms with van der Waals surface area (Å²) < 4.78 is 18.7. The molecule has 1 aliphatic heterocycles.